The molecule has 3 aromatic rings. The second kappa shape index (κ2) is 10.2. The maximum absolute atomic E-state index is 13.0. The number of rotatable bonds is 6. The first-order valence-corrected chi connectivity index (χ1v) is 12.4. The van der Waals surface area contributed by atoms with E-state index < -0.39 is 0 Å². The molecular weight excluding hydrogens is 466 g/mol. The largest absolute Gasteiger partial charge is 0.338 e. The Morgan fingerprint density at radius 2 is 2.00 bits per heavy atom. The van der Waals surface area contributed by atoms with Crippen LogP contribution in [-0.2, 0) is 16.1 Å². The molecule has 3 heterocycles. The van der Waals surface area contributed by atoms with E-state index in [-0.39, 0.29) is 17.7 Å². The fourth-order valence-electron chi connectivity index (χ4n) is 4.82. The number of likely N-dealkylation sites (tertiary alicyclic amines) is 1. The maximum Gasteiger partial charge on any atom is 0.241 e. The molecule has 2 fully saturated rings. The molecule has 9 heteroatoms. The third kappa shape index (κ3) is 5.39. The number of halogens is 1. The van der Waals surface area contributed by atoms with Crippen LogP contribution in [0.4, 0.5) is 11.4 Å². The molecule has 2 aliphatic rings. The summed E-state index contributed by atoms with van der Waals surface area (Å²) in [6.07, 6.45) is 3.25. The summed E-state index contributed by atoms with van der Waals surface area (Å²) in [4.78, 5) is 33.6. The SMILES string of the molecule is Cc1cc(NC(=O)C2CCCN(Cc3nc(-c4ccc(Cl)cc4)no3)C2)ccc1N1CCCC1=O. The Labute approximate surface area is 209 Å². The van der Waals surface area contributed by atoms with Gasteiger partial charge in [0.15, 0.2) is 0 Å². The van der Waals surface area contributed by atoms with E-state index in [0.29, 0.717) is 36.2 Å². The van der Waals surface area contributed by atoms with Crippen molar-refractivity contribution in [3.63, 3.8) is 0 Å². The minimum absolute atomic E-state index is 0.00600. The number of anilines is 2. The molecule has 182 valence electrons. The molecule has 5 rings (SSSR count). The van der Waals surface area contributed by atoms with Crippen molar-refractivity contribution < 1.29 is 14.1 Å². The van der Waals surface area contributed by atoms with Crippen molar-refractivity contribution in [3.8, 4) is 11.4 Å². The fourth-order valence-corrected chi connectivity index (χ4v) is 4.95. The van der Waals surface area contributed by atoms with Gasteiger partial charge in [-0.2, -0.15) is 4.98 Å². The van der Waals surface area contributed by atoms with Crippen LogP contribution in [0, 0.1) is 12.8 Å². The van der Waals surface area contributed by atoms with E-state index in [1.165, 1.54) is 0 Å². The highest BCUT2D eigenvalue weighted by Gasteiger charge is 2.28. The van der Waals surface area contributed by atoms with Gasteiger partial charge in [0.05, 0.1) is 12.5 Å². The van der Waals surface area contributed by atoms with Crippen molar-refractivity contribution in [2.24, 2.45) is 5.92 Å². The van der Waals surface area contributed by atoms with Gasteiger partial charge in [-0.3, -0.25) is 14.5 Å². The van der Waals surface area contributed by atoms with Gasteiger partial charge in [-0.1, -0.05) is 16.8 Å². The number of aromatic nitrogens is 2. The van der Waals surface area contributed by atoms with Gasteiger partial charge in [0.2, 0.25) is 23.5 Å². The summed E-state index contributed by atoms with van der Waals surface area (Å²) < 4.78 is 5.45. The van der Waals surface area contributed by atoms with Gasteiger partial charge >= 0.3 is 0 Å². The third-order valence-electron chi connectivity index (χ3n) is 6.63. The summed E-state index contributed by atoms with van der Waals surface area (Å²) in [7, 11) is 0. The van der Waals surface area contributed by atoms with Crippen molar-refractivity contribution in [3.05, 3.63) is 58.9 Å². The molecule has 0 aliphatic carbocycles. The molecular formula is C26H28ClN5O3. The summed E-state index contributed by atoms with van der Waals surface area (Å²) in [5.74, 6) is 1.10. The van der Waals surface area contributed by atoms with Crippen LogP contribution in [0.1, 0.15) is 37.1 Å². The second-order valence-electron chi connectivity index (χ2n) is 9.23. The van der Waals surface area contributed by atoms with Gasteiger partial charge in [0.1, 0.15) is 0 Å². The van der Waals surface area contributed by atoms with Crippen LogP contribution in [0.2, 0.25) is 5.02 Å². The lowest BCUT2D eigenvalue weighted by atomic mass is 9.97. The zero-order chi connectivity index (χ0) is 24.4. The Kier molecular flexibility index (Phi) is 6.83. The molecule has 2 aromatic carbocycles. The summed E-state index contributed by atoms with van der Waals surface area (Å²) in [6.45, 7) is 4.73. The van der Waals surface area contributed by atoms with Crippen LogP contribution >= 0.6 is 11.6 Å². The van der Waals surface area contributed by atoms with Gasteiger partial charge in [0, 0.05) is 41.5 Å². The molecule has 35 heavy (non-hydrogen) atoms. The van der Waals surface area contributed by atoms with E-state index in [4.69, 9.17) is 16.1 Å². The molecule has 2 amide bonds. The smallest absolute Gasteiger partial charge is 0.241 e. The predicted molar refractivity (Wildman–Crippen MR) is 134 cm³/mol. The highest BCUT2D eigenvalue weighted by atomic mass is 35.5. The maximum atomic E-state index is 13.0. The highest BCUT2D eigenvalue weighted by Crippen LogP contribution is 2.28. The Morgan fingerprint density at radius 3 is 2.74 bits per heavy atom. The second-order valence-corrected chi connectivity index (χ2v) is 9.67. The first kappa shape index (κ1) is 23.5. The summed E-state index contributed by atoms with van der Waals surface area (Å²) in [5.41, 5.74) is 3.50. The molecule has 0 radical (unpaired) electrons. The molecule has 1 N–H and O–H groups in total. The molecule has 0 saturated carbocycles. The summed E-state index contributed by atoms with van der Waals surface area (Å²) in [5, 5.41) is 7.80. The molecule has 0 bridgehead atoms. The molecule has 0 spiro atoms. The van der Waals surface area contributed by atoms with E-state index >= 15 is 0 Å². The third-order valence-corrected chi connectivity index (χ3v) is 6.89. The molecule has 1 aromatic heterocycles. The molecule has 1 unspecified atom stereocenters. The molecule has 2 aliphatic heterocycles. The molecule has 2 saturated heterocycles. The number of aryl methyl sites for hydroxylation is 1. The van der Waals surface area contributed by atoms with E-state index in [9.17, 15) is 9.59 Å². The number of benzene rings is 2. The lowest BCUT2D eigenvalue weighted by Crippen LogP contribution is -2.40. The average molecular weight is 494 g/mol. The predicted octanol–water partition coefficient (Wildman–Crippen LogP) is 4.68. The van der Waals surface area contributed by atoms with Crippen LogP contribution < -0.4 is 10.2 Å². The Balaban J connectivity index is 1.18. The quantitative estimate of drug-likeness (QED) is 0.536. The first-order chi connectivity index (χ1) is 17.0. The first-order valence-electron chi connectivity index (χ1n) is 12.0. The average Bonchev–Trinajstić information content (AvgIpc) is 3.49. The topological polar surface area (TPSA) is 91.6 Å². The molecule has 1 atom stereocenters. The van der Waals surface area contributed by atoms with Crippen molar-refractivity contribution in [1.29, 1.82) is 0 Å². The number of nitrogens with zero attached hydrogens (tertiary/aromatic N) is 4. The minimum Gasteiger partial charge on any atom is -0.338 e. The van der Waals surface area contributed by atoms with Crippen molar-refractivity contribution >= 4 is 34.8 Å². The van der Waals surface area contributed by atoms with Gasteiger partial charge in [0.25, 0.3) is 0 Å². The van der Waals surface area contributed by atoms with Gasteiger partial charge in [-0.15, -0.1) is 0 Å². The van der Waals surface area contributed by atoms with Crippen LogP contribution in [0.3, 0.4) is 0 Å². The van der Waals surface area contributed by atoms with Gasteiger partial charge in [-0.25, -0.2) is 0 Å². The number of amides is 2. The normalized spacial score (nSPS) is 18.7. The number of carbonyl (C=O) groups is 2. The van der Waals surface area contributed by atoms with E-state index in [1.807, 2.05) is 42.2 Å². The highest BCUT2D eigenvalue weighted by molar-refractivity contribution is 6.30. The Hall–Kier alpha value is -3.23. The Morgan fingerprint density at radius 1 is 1.17 bits per heavy atom. The zero-order valence-corrected chi connectivity index (χ0v) is 20.4. The lowest BCUT2D eigenvalue weighted by Gasteiger charge is -2.31. The number of hydrogen-bond acceptors (Lipinski definition) is 6. The molecule has 8 nitrogen and oxygen atoms in total. The number of piperidine rings is 1. The van der Waals surface area contributed by atoms with Gasteiger partial charge in [-0.05, 0) is 80.8 Å². The standard InChI is InChI=1S/C26H28ClN5O3/c1-17-14-21(10-11-22(17)32-13-3-5-24(32)33)28-26(34)19-4-2-12-31(15-19)16-23-29-25(30-35-23)18-6-8-20(27)9-7-18/h6-11,14,19H,2-5,12-13,15-16H2,1H3,(H,28,34). The monoisotopic (exact) mass is 493 g/mol. The Bertz CT molecular complexity index is 1230. The van der Waals surface area contributed by atoms with Crippen molar-refractivity contribution in [1.82, 2.24) is 15.0 Å². The van der Waals surface area contributed by atoms with Crippen LogP contribution in [0.5, 0.6) is 0 Å². The summed E-state index contributed by atoms with van der Waals surface area (Å²) in [6, 6.07) is 13.0. The van der Waals surface area contributed by atoms with Crippen LogP contribution in [0.25, 0.3) is 11.4 Å². The van der Waals surface area contributed by atoms with E-state index in [1.54, 1.807) is 12.1 Å². The van der Waals surface area contributed by atoms with Crippen molar-refractivity contribution in [2.75, 3.05) is 29.9 Å². The zero-order valence-electron chi connectivity index (χ0n) is 19.7. The van der Waals surface area contributed by atoms with Crippen LogP contribution in [0.15, 0.2) is 47.0 Å². The summed E-state index contributed by atoms with van der Waals surface area (Å²) >= 11 is 5.95. The van der Waals surface area contributed by atoms with Crippen LogP contribution in [-0.4, -0.2) is 46.5 Å². The number of hydrogen-bond donors (Lipinski definition) is 1. The minimum atomic E-state index is -0.123. The number of nitrogens with one attached hydrogen (secondary N) is 1. The fraction of sp³-hybridized carbons (Fsp3) is 0.385. The van der Waals surface area contributed by atoms with Crippen molar-refractivity contribution in [2.45, 2.75) is 39.2 Å². The van der Waals surface area contributed by atoms with E-state index in [0.717, 1.165) is 54.9 Å². The van der Waals surface area contributed by atoms with E-state index in [2.05, 4.69) is 20.4 Å². The lowest BCUT2D eigenvalue weighted by molar-refractivity contribution is -0.121. The van der Waals surface area contributed by atoms with Gasteiger partial charge < -0.3 is 14.7 Å². The number of carbonyl (C=O) groups excluding carboxylic acids is 2.